The van der Waals surface area contributed by atoms with E-state index in [2.05, 4.69) is 46.9 Å². The highest BCUT2D eigenvalue weighted by Crippen LogP contribution is 2.54. The van der Waals surface area contributed by atoms with Crippen LogP contribution < -0.4 is 21.3 Å². The van der Waals surface area contributed by atoms with Gasteiger partial charge >= 0.3 is 6.09 Å². The Morgan fingerprint density at radius 3 is 2.76 bits per heavy atom. The lowest BCUT2D eigenvalue weighted by molar-refractivity contribution is -0.124. The van der Waals surface area contributed by atoms with Crippen LogP contribution in [0.15, 0.2) is 22.8 Å². The maximum Gasteiger partial charge on any atom is 0.407 e. The van der Waals surface area contributed by atoms with E-state index in [4.69, 9.17) is 0 Å². The summed E-state index contributed by atoms with van der Waals surface area (Å²) in [6.07, 6.45) is 0.902. The van der Waals surface area contributed by atoms with Gasteiger partial charge in [-0.3, -0.25) is 9.59 Å². The van der Waals surface area contributed by atoms with E-state index < -0.39 is 12.1 Å². The molecule has 4 atom stereocenters. The number of pyridine rings is 1. The van der Waals surface area contributed by atoms with E-state index in [-0.39, 0.29) is 35.2 Å². The number of methoxy groups -OCH3 is 1. The molecule has 1 aliphatic carbocycles. The van der Waals surface area contributed by atoms with Crippen LogP contribution in [0.25, 0.3) is 0 Å². The molecule has 1 aromatic rings. The van der Waals surface area contributed by atoms with Crippen LogP contribution in [0.2, 0.25) is 0 Å². The van der Waals surface area contributed by atoms with Gasteiger partial charge in [0.2, 0.25) is 11.8 Å². The largest absolute Gasteiger partial charge is 0.453 e. The number of anilines is 1. The fourth-order valence-corrected chi connectivity index (χ4v) is 4.08. The van der Waals surface area contributed by atoms with Gasteiger partial charge in [-0.2, -0.15) is 0 Å². The summed E-state index contributed by atoms with van der Waals surface area (Å²) in [7, 11) is 1.26. The lowest BCUT2D eigenvalue weighted by Crippen LogP contribution is -2.50. The highest BCUT2D eigenvalue weighted by atomic mass is 79.9. The summed E-state index contributed by atoms with van der Waals surface area (Å²) in [5.41, 5.74) is -0.130. The molecule has 0 bridgehead atoms. The Bertz CT molecular complexity index is 805. The van der Waals surface area contributed by atoms with Crippen molar-refractivity contribution in [2.45, 2.75) is 44.8 Å². The van der Waals surface area contributed by atoms with Gasteiger partial charge in [0.25, 0.3) is 0 Å². The smallest absolute Gasteiger partial charge is 0.407 e. The average Bonchev–Trinajstić information content (AvgIpc) is 3.23. The molecule has 3 rings (SSSR count). The van der Waals surface area contributed by atoms with Crippen molar-refractivity contribution < 1.29 is 19.1 Å². The number of hydrogen-bond acceptors (Lipinski definition) is 6. The van der Waals surface area contributed by atoms with Crippen molar-refractivity contribution in [1.29, 1.82) is 0 Å². The first-order valence-electron chi connectivity index (χ1n) is 9.56. The number of piperidine rings is 1. The molecule has 1 aromatic heterocycles. The van der Waals surface area contributed by atoms with Crippen LogP contribution in [-0.2, 0) is 14.3 Å². The third-order valence-corrected chi connectivity index (χ3v) is 5.95. The zero-order valence-electron chi connectivity index (χ0n) is 16.6. The number of carbonyl (C=O) groups excluding carboxylic acids is 3. The highest BCUT2D eigenvalue weighted by molar-refractivity contribution is 9.10. The Kier molecular flexibility index (Phi) is 6.42. The summed E-state index contributed by atoms with van der Waals surface area (Å²) in [6.45, 7) is 4.16. The third kappa shape index (κ3) is 5.05. The number of carbonyl (C=O) groups is 3. The Morgan fingerprint density at radius 1 is 1.34 bits per heavy atom. The molecule has 3 amide bonds. The van der Waals surface area contributed by atoms with Gasteiger partial charge in [0.1, 0.15) is 16.5 Å². The Morgan fingerprint density at radius 2 is 2.10 bits per heavy atom. The molecule has 1 saturated carbocycles. The molecular weight excluding hydrogens is 442 g/mol. The number of hydrogen-bond donors (Lipinski definition) is 4. The van der Waals surface area contributed by atoms with Crippen molar-refractivity contribution in [1.82, 2.24) is 20.9 Å². The number of alkyl carbamates (subject to hydrolysis) is 1. The van der Waals surface area contributed by atoms with E-state index in [0.717, 1.165) is 6.42 Å². The summed E-state index contributed by atoms with van der Waals surface area (Å²) >= 11 is 3.28. The van der Waals surface area contributed by atoms with Gasteiger partial charge in [-0.15, -0.1) is 0 Å². The van der Waals surface area contributed by atoms with Gasteiger partial charge in [-0.25, -0.2) is 9.78 Å². The fourth-order valence-electron chi connectivity index (χ4n) is 3.74. The predicted octanol–water partition coefficient (Wildman–Crippen LogP) is 1.40. The Balaban J connectivity index is 1.52. The van der Waals surface area contributed by atoms with E-state index in [9.17, 15) is 14.4 Å². The normalized spacial score (nSPS) is 25.7. The van der Waals surface area contributed by atoms with Crippen molar-refractivity contribution in [3.05, 3.63) is 22.8 Å². The van der Waals surface area contributed by atoms with E-state index in [1.54, 1.807) is 18.2 Å². The van der Waals surface area contributed by atoms with Crippen LogP contribution in [0.1, 0.15) is 26.7 Å². The topological polar surface area (TPSA) is 121 Å². The van der Waals surface area contributed by atoms with Crippen molar-refractivity contribution in [2.24, 2.45) is 11.3 Å². The minimum Gasteiger partial charge on any atom is -0.453 e. The molecule has 0 aromatic carbocycles. The molecule has 0 radical (unpaired) electrons. The molecule has 2 aliphatic rings. The molecule has 2 fully saturated rings. The number of nitrogens with zero attached hydrogens (tertiary/aromatic N) is 1. The fraction of sp³-hybridized carbons (Fsp3) is 0.579. The third-order valence-electron chi connectivity index (χ3n) is 5.51. The molecule has 4 N–H and O–H groups in total. The van der Waals surface area contributed by atoms with Gasteiger partial charge in [0, 0.05) is 18.0 Å². The van der Waals surface area contributed by atoms with Crippen LogP contribution in [0.4, 0.5) is 10.6 Å². The zero-order valence-corrected chi connectivity index (χ0v) is 18.2. The van der Waals surface area contributed by atoms with E-state index in [1.807, 2.05) is 13.8 Å². The van der Waals surface area contributed by atoms with Gasteiger partial charge in [0.05, 0.1) is 13.2 Å². The van der Waals surface area contributed by atoms with E-state index in [0.29, 0.717) is 23.4 Å². The zero-order chi connectivity index (χ0) is 21.2. The van der Waals surface area contributed by atoms with Crippen LogP contribution in [-0.4, -0.2) is 54.7 Å². The second-order valence-corrected chi connectivity index (χ2v) is 8.77. The first kappa shape index (κ1) is 21.5. The molecule has 1 aliphatic heterocycles. The van der Waals surface area contributed by atoms with Crippen molar-refractivity contribution >= 4 is 39.7 Å². The second-order valence-electron chi connectivity index (χ2n) is 7.95. The molecule has 29 heavy (non-hydrogen) atoms. The molecule has 10 heteroatoms. The monoisotopic (exact) mass is 467 g/mol. The lowest BCUT2D eigenvalue weighted by atomic mass is 9.98. The van der Waals surface area contributed by atoms with Crippen LogP contribution >= 0.6 is 15.9 Å². The molecule has 2 heterocycles. The molecule has 158 valence electrons. The van der Waals surface area contributed by atoms with E-state index >= 15 is 0 Å². The first-order chi connectivity index (χ1) is 13.7. The summed E-state index contributed by atoms with van der Waals surface area (Å²) in [5, 5.41) is 11.6. The van der Waals surface area contributed by atoms with Crippen molar-refractivity contribution in [2.75, 3.05) is 19.0 Å². The number of nitrogens with one attached hydrogen (secondary N) is 4. The SMILES string of the molecule is COC(=O)N[C@H](C(=O)NCC12CC1N[C@H](C(=O)Nc1cccc(Br)n1)C2)C(C)C. The van der Waals surface area contributed by atoms with Crippen LogP contribution in [0, 0.1) is 11.3 Å². The average molecular weight is 468 g/mol. The van der Waals surface area contributed by atoms with E-state index in [1.165, 1.54) is 7.11 Å². The number of aromatic nitrogens is 1. The predicted molar refractivity (Wildman–Crippen MR) is 110 cm³/mol. The van der Waals surface area contributed by atoms with Gasteiger partial charge in [-0.1, -0.05) is 19.9 Å². The maximum absolute atomic E-state index is 12.5. The van der Waals surface area contributed by atoms with Crippen molar-refractivity contribution in [3.8, 4) is 0 Å². The number of halogens is 1. The van der Waals surface area contributed by atoms with Gasteiger partial charge in [-0.05, 0) is 46.8 Å². The lowest BCUT2D eigenvalue weighted by Gasteiger charge is -2.22. The number of ether oxygens (including phenoxy) is 1. The molecule has 0 spiro atoms. The van der Waals surface area contributed by atoms with Crippen LogP contribution in [0.5, 0.6) is 0 Å². The Hall–Kier alpha value is -2.20. The number of amides is 3. The minimum atomic E-state index is -0.674. The standard InChI is InChI=1S/C19H26BrN5O4/c1-10(2)15(25-18(28)29-3)17(27)21-9-19-7-11(22-12(19)8-19)16(26)24-14-6-4-5-13(20)23-14/h4-6,10-12,15,22H,7-9H2,1-3H3,(H,21,27)(H,25,28)(H,23,24,26)/t11-,12?,15-,19?/m0/s1. The quantitative estimate of drug-likeness (QED) is 0.449. The molecule has 9 nitrogen and oxygen atoms in total. The minimum absolute atomic E-state index is 0.0838. The second kappa shape index (κ2) is 8.66. The molecular formula is C19H26BrN5O4. The van der Waals surface area contributed by atoms with Crippen molar-refractivity contribution in [3.63, 3.8) is 0 Å². The molecule has 1 saturated heterocycles. The van der Waals surface area contributed by atoms with Crippen LogP contribution in [0.3, 0.4) is 0 Å². The Labute approximate surface area is 177 Å². The first-order valence-corrected chi connectivity index (χ1v) is 10.3. The molecule has 2 unspecified atom stereocenters. The summed E-state index contributed by atoms with van der Waals surface area (Å²) in [6, 6.07) is 4.51. The summed E-state index contributed by atoms with van der Waals surface area (Å²) in [5.74, 6) is 0.0138. The number of fused-ring (bicyclic) bond motifs is 1. The van der Waals surface area contributed by atoms with Gasteiger partial charge in [0.15, 0.2) is 0 Å². The highest BCUT2D eigenvalue weighted by Gasteiger charge is 2.61. The summed E-state index contributed by atoms with van der Waals surface area (Å²) < 4.78 is 5.24. The number of rotatable bonds is 7. The maximum atomic E-state index is 12.5. The summed E-state index contributed by atoms with van der Waals surface area (Å²) in [4.78, 5) is 40.8. The van der Waals surface area contributed by atoms with Gasteiger partial charge < -0.3 is 26.0 Å².